The molecule has 0 radical (unpaired) electrons. The van der Waals surface area contributed by atoms with E-state index in [1.807, 2.05) is 0 Å². The molecule has 0 atom stereocenters. The van der Waals surface area contributed by atoms with E-state index in [9.17, 15) is 0 Å². The van der Waals surface area contributed by atoms with Crippen LogP contribution in [0, 0.1) is 0 Å². The molecule has 0 amide bonds. The summed E-state index contributed by atoms with van der Waals surface area (Å²) in [4.78, 5) is 0. The molecule has 0 aromatic heterocycles. The minimum Gasteiger partial charge on any atom is -0.449 e. The van der Waals surface area contributed by atoms with E-state index in [0.717, 1.165) is 10.5 Å². The van der Waals surface area contributed by atoms with Gasteiger partial charge in [0.2, 0.25) is 0 Å². The van der Waals surface area contributed by atoms with Gasteiger partial charge in [0.25, 0.3) is 20.0 Å². The minimum atomic E-state index is -0.688. The van der Waals surface area contributed by atoms with Crippen LogP contribution in [0.3, 0.4) is 0 Å². The Bertz CT molecular complexity index is 146. The molecule has 12 heavy (non-hydrogen) atoms. The third-order valence-corrected chi connectivity index (χ3v) is 6.44. The molecule has 0 spiro atoms. The molecule has 72 valence electrons. The van der Waals surface area contributed by atoms with Crippen LogP contribution in [-0.2, 0) is 12.3 Å². The van der Waals surface area contributed by atoms with Gasteiger partial charge in [0.05, 0.1) is 0 Å². The quantitative estimate of drug-likeness (QED) is 0.385. The standard InChI is InChI=1S/C5H18O3Si4/c1-4(2)5(3)10-7-12-8-11-6-9/h10-12H2,1-3,9H3. The van der Waals surface area contributed by atoms with Gasteiger partial charge in [-0.25, -0.2) is 0 Å². The summed E-state index contributed by atoms with van der Waals surface area (Å²) >= 11 is 0. The van der Waals surface area contributed by atoms with Crippen molar-refractivity contribution in [1.29, 1.82) is 0 Å². The average Bonchev–Trinajstić information content (AvgIpc) is 2.03. The first-order chi connectivity index (χ1) is 5.68. The van der Waals surface area contributed by atoms with Crippen LogP contribution in [0.2, 0.25) is 0 Å². The van der Waals surface area contributed by atoms with E-state index in [0.29, 0.717) is 0 Å². The molecule has 3 nitrogen and oxygen atoms in total. The Kier molecular flexibility index (Phi) is 8.43. The van der Waals surface area contributed by atoms with Gasteiger partial charge < -0.3 is 12.3 Å². The van der Waals surface area contributed by atoms with Crippen LogP contribution in [-0.4, -0.2) is 40.3 Å². The van der Waals surface area contributed by atoms with Crippen molar-refractivity contribution in [1.82, 2.24) is 0 Å². The predicted octanol–water partition coefficient (Wildman–Crippen LogP) is -2.29. The zero-order chi connectivity index (χ0) is 9.40. The van der Waals surface area contributed by atoms with Gasteiger partial charge >= 0.3 is 0 Å². The number of allylic oxidation sites excluding steroid dienone is 2. The van der Waals surface area contributed by atoms with Crippen LogP contribution in [0.15, 0.2) is 10.8 Å². The first-order valence-corrected chi connectivity index (χ1v) is 8.37. The summed E-state index contributed by atoms with van der Waals surface area (Å²) in [5, 5.41) is 1.44. The fourth-order valence-corrected chi connectivity index (χ4v) is 6.33. The summed E-state index contributed by atoms with van der Waals surface area (Å²) in [5.74, 6) is 0. The molecule has 0 aliphatic rings. The Hall–Kier alpha value is 0.488. The summed E-state index contributed by atoms with van der Waals surface area (Å²) in [6.45, 7) is 6.41. The van der Waals surface area contributed by atoms with Gasteiger partial charge in [-0.05, 0) is 20.8 Å². The maximum Gasteiger partial charge on any atom is 0.284 e. The van der Waals surface area contributed by atoms with Crippen molar-refractivity contribution < 1.29 is 12.3 Å². The predicted molar refractivity (Wildman–Crippen MR) is 62.9 cm³/mol. The van der Waals surface area contributed by atoms with Crippen molar-refractivity contribution in [2.24, 2.45) is 0 Å². The maximum atomic E-state index is 5.53. The highest BCUT2D eigenvalue weighted by molar-refractivity contribution is 6.49. The second-order valence-electron chi connectivity index (χ2n) is 2.86. The van der Waals surface area contributed by atoms with Gasteiger partial charge in [0.15, 0.2) is 9.76 Å². The third-order valence-electron chi connectivity index (χ3n) is 1.54. The highest BCUT2D eigenvalue weighted by atomic mass is 28.4. The summed E-state index contributed by atoms with van der Waals surface area (Å²) in [5.41, 5.74) is 1.40. The highest BCUT2D eigenvalue weighted by Crippen LogP contribution is 1.98. The van der Waals surface area contributed by atoms with E-state index in [2.05, 4.69) is 20.8 Å². The molecule has 0 aliphatic carbocycles. The zero-order valence-electron chi connectivity index (χ0n) is 8.35. The van der Waals surface area contributed by atoms with Gasteiger partial charge in [-0.3, -0.25) is 0 Å². The Morgan fingerprint density at radius 3 is 2.25 bits per heavy atom. The fourth-order valence-electron chi connectivity index (χ4n) is 0.515. The van der Waals surface area contributed by atoms with Crippen LogP contribution in [0.1, 0.15) is 20.8 Å². The van der Waals surface area contributed by atoms with Crippen molar-refractivity contribution in [2.45, 2.75) is 20.8 Å². The van der Waals surface area contributed by atoms with E-state index in [-0.39, 0.29) is 0 Å². The highest BCUT2D eigenvalue weighted by Gasteiger charge is 1.94. The van der Waals surface area contributed by atoms with Crippen molar-refractivity contribution in [2.75, 3.05) is 0 Å². The van der Waals surface area contributed by atoms with Gasteiger partial charge in [0, 0.05) is 0 Å². The Morgan fingerprint density at radius 2 is 1.75 bits per heavy atom. The smallest absolute Gasteiger partial charge is 0.284 e. The van der Waals surface area contributed by atoms with E-state index in [4.69, 9.17) is 12.3 Å². The molecule has 0 heterocycles. The SMILES string of the molecule is CC(C)=C(C)[SiH2]O[SiH2]O[SiH2]O[SiH3]. The van der Waals surface area contributed by atoms with Crippen molar-refractivity contribution in [3.05, 3.63) is 10.8 Å². The van der Waals surface area contributed by atoms with E-state index in [1.165, 1.54) is 10.8 Å². The summed E-state index contributed by atoms with van der Waals surface area (Å²) in [6.07, 6.45) is 0. The molecule has 0 aromatic carbocycles. The Balaban J connectivity index is 3.26. The van der Waals surface area contributed by atoms with Gasteiger partial charge in [-0.15, -0.1) is 0 Å². The summed E-state index contributed by atoms with van der Waals surface area (Å²) < 4.78 is 15.8. The van der Waals surface area contributed by atoms with Crippen LogP contribution < -0.4 is 0 Å². The first-order valence-electron chi connectivity index (χ1n) is 3.96. The summed E-state index contributed by atoms with van der Waals surface area (Å²) in [6, 6.07) is 0. The van der Waals surface area contributed by atoms with E-state index in [1.54, 1.807) is 0 Å². The molecule has 0 aromatic rings. The molecule has 0 aliphatic heterocycles. The Labute approximate surface area is 84.5 Å². The topological polar surface area (TPSA) is 27.7 Å². The Morgan fingerprint density at radius 1 is 1.08 bits per heavy atom. The normalized spacial score (nSPS) is 13.2. The lowest BCUT2D eigenvalue weighted by atomic mass is 10.3. The molecular formula is C5H18O3Si4. The van der Waals surface area contributed by atoms with E-state index < -0.39 is 29.8 Å². The van der Waals surface area contributed by atoms with Crippen molar-refractivity contribution in [3.8, 4) is 0 Å². The average molecular weight is 239 g/mol. The summed E-state index contributed by atoms with van der Waals surface area (Å²) in [7, 11) is -0.965. The minimum absolute atomic E-state index is 0.445. The van der Waals surface area contributed by atoms with E-state index >= 15 is 0 Å². The van der Waals surface area contributed by atoms with Crippen LogP contribution >= 0.6 is 0 Å². The second-order valence-corrected chi connectivity index (χ2v) is 10.3. The van der Waals surface area contributed by atoms with Crippen LogP contribution in [0.5, 0.6) is 0 Å². The van der Waals surface area contributed by atoms with Crippen LogP contribution in [0.4, 0.5) is 0 Å². The van der Waals surface area contributed by atoms with Gasteiger partial charge in [0.1, 0.15) is 10.5 Å². The molecular weight excluding hydrogens is 220 g/mol. The molecule has 0 bridgehead atoms. The fraction of sp³-hybridized carbons (Fsp3) is 0.600. The lowest BCUT2D eigenvalue weighted by molar-refractivity contribution is 0.440. The van der Waals surface area contributed by atoms with Gasteiger partial charge in [-0.2, -0.15) is 0 Å². The number of hydrogen-bond donors (Lipinski definition) is 0. The molecule has 0 N–H and O–H groups in total. The van der Waals surface area contributed by atoms with Crippen LogP contribution in [0.25, 0.3) is 0 Å². The zero-order valence-corrected chi connectivity index (χ0v) is 14.6. The lowest BCUT2D eigenvalue weighted by Gasteiger charge is -2.05. The maximum absolute atomic E-state index is 5.53. The monoisotopic (exact) mass is 238 g/mol. The molecule has 0 fully saturated rings. The van der Waals surface area contributed by atoms with Crippen molar-refractivity contribution >= 4 is 40.3 Å². The van der Waals surface area contributed by atoms with Gasteiger partial charge in [-0.1, -0.05) is 10.8 Å². The second kappa shape index (κ2) is 8.10. The molecule has 0 saturated heterocycles. The molecule has 0 saturated carbocycles. The number of rotatable bonds is 6. The lowest BCUT2D eigenvalue weighted by Crippen LogP contribution is -2.13. The first kappa shape index (κ1) is 12.5. The largest absolute Gasteiger partial charge is 0.449 e. The third kappa shape index (κ3) is 7.15. The molecule has 7 heteroatoms. The van der Waals surface area contributed by atoms with Crippen molar-refractivity contribution in [3.63, 3.8) is 0 Å². The molecule has 0 unspecified atom stereocenters. The number of hydrogen-bond acceptors (Lipinski definition) is 3. The molecule has 0 rings (SSSR count).